The normalized spacial score (nSPS) is 30.4. The molecule has 1 saturated heterocycles. The highest BCUT2D eigenvalue weighted by molar-refractivity contribution is 5.93. The Morgan fingerprint density at radius 1 is 1.10 bits per heavy atom. The summed E-state index contributed by atoms with van der Waals surface area (Å²) < 4.78 is 16.6. The number of carbonyl (C=O) groups excluding carboxylic acids is 3. The second-order valence-corrected chi connectivity index (χ2v) is 7.67. The number of rotatable bonds is 3. The maximum atomic E-state index is 12.6. The molecule has 150 valence electrons. The first-order valence-corrected chi connectivity index (χ1v) is 9.63. The van der Waals surface area contributed by atoms with Gasteiger partial charge < -0.3 is 14.2 Å². The van der Waals surface area contributed by atoms with Crippen LogP contribution in [0.4, 0.5) is 0 Å². The first-order valence-electron chi connectivity index (χ1n) is 9.63. The molecular weight excluding hydrogens is 372 g/mol. The van der Waals surface area contributed by atoms with Crippen molar-refractivity contribution in [1.29, 1.82) is 0 Å². The molecule has 29 heavy (non-hydrogen) atoms. The topological polar surface area (TPSA) is 78.9 Å². The van der Waals surface area contributed by atoms with Crippen LogP contribution in [0.3, 0.4) is 0 Å². The molecule has 2 heterocycles. The van der Waals surface area contributed by atoms with Gasteiger partial charge in [0.05, 0.1) is 12.3 Å². The van der Waals surface area contributed by atoms with Crippen molar-refractivity contribution in [3.63, 3.8) is 0 Å². The van der Waals surface area contributed by atoms with E-state index >= 15 is 0 Å². The van der Waals surface area contributed by atoms with Crippen molar-refractivity contribution in [2.45, 2.75) is 44.5 Å². The molecule has 2 unspecified atom stereocenters. The minimum Gasteiger partial charge on any atom is -0.458 e. The summed E-state index contributed by atoms with van der Waals surface area (Å²) in [6.45, 7) is 5.75. The van der Waals surface area contributed by atoms with Gasteiger partial charge in [0.2, 0.25) is 0 Å². The lowest BCUT2D eigenvalue weighted by molar-refractivity contribution is -0.149. The summed E-state index contributed by atoms with van der Waals surface area (Å²) in [5.74, 6) is -1.88. The van der Waals surface area contributed by atoms with Crippen LogP contribution in [0.5, 0.6) is 0 Å². The molecule has 1 fully saturated rings. The van der Waals surface area contributed by atoms with Crippen LogP contribution in [0.25, 0.3) is 0 Å². The molecule has 6 nitrogen and oxygen atoms in total. The molecule has 2 bridgehead atoms. The Labute approximate surface area is 168 Å². The van der Waals surface area contributed by atoms with E-state index < -0.39 is 36.0 Å². The van der Waals surface area contributed by atoms with Gasteiger partial charge in [-0.05, 0) is 24.6 Å². The highest BCUT2D eigenvalue weighted by Crippen LogP contribution is 2.38. The Morgan fingerprint density at radius 3 is 2.62 bits per heavy atom. The molecule has 4 atom stereocenters. The SMILES string of the molecule is C=C1C(=O)OC2CC3=C[C@@H](C/C(C)=C/C(OC(=O)Cc4ccccc4)[C@H]12)OC3=O. The molecule has 1 aromatic rings. The molecule has 0 saturated carbocycles. The first kappa shape index (κ1) is 19.2. The van der Waals surface area contributed by atoms with E-state index in [1.54, 1.807) is 6.08 Å². The van der Waals surface area contributed by atoms with Crippen LogP contribution in [-0.4, -0.2) is 36.2 Å². The molecule has 0 spiro atoms. The summed E-state index contributed by atoms with van der Waals surface area (Å²) in [6.07, 6.45) is 2.74. The number of hydrogen-bond acceptors (Lipinski definition) is 6. The summed E-state index contributed by atoms with van der Waals surface area (Å²) in [5.41, 5.74) is 2.47. The fourth-order valence-corrected chi connectivity index (χ4v) is 4.07. The predicted octanol–water partition coefficient (Wildman–Crippen LogP) is 2.83. The van der Waals surface area contributed by atoms with Crippen molar-refractivity contribution < 1.29 is 28.6 Å². The largest absolute Gasteiger partial charge is 0.458 e. The average Bonchev–Trinajstić information content (AvgIpc) is 3.13. The lowest BCUT2D eigenvalue weighted by Gasteiger charge is -2.26. The van der Waals surface area contributed by atoms with Gasteiger partial charge in [0.15, 0.2) is 0 Å². The molecule has 1 aliphatic carbocycles. The smallest absolute Gasteiger partial charge is 0.334 e. The van der Waals surface area contributed by atoms with E-state index in [2.05, 4.69) is 6.58 Å². The maximum absolute atomic E-state index is 12.6. The lowest BCUT2D eigenvalue weighted by atomic mass is 9.85. The van der Waals surface area contributed by atoms with Gasteiger partial charge in [0, 0.05) is 24.0 Å². The second kappa shape index (κ2) is 7.70. The summed E-state index contributed by atoms with van der Waals surface area (Å²) in [7, 11) is 0. The van der Waals surface area contributed by atoms with Gasteiger partial charge in [-0.1, -0.05) is 42.5 Å². The van der Waals surface area contributed by atoms with Gasteiger partial charge in [-0.25, -0.2) is 9.59 Å². The van der Waals surface area contributed by atoms with Crippen molar-refractivity contribution in [2.75, 3.05) is 0 Å². The van der Waals surface area contributed by atoms with Gasteiger partial charge in [0.1, 0.15) is 18.3 Å². The lowest BCUT2D eigenvalue weighted by Crippen LogP contribution is -2.33. The Kier molecular flexibility index (Phi) is 5.09. The number of benzene rings is 1. The number of hydrogen-bond donors (Lipinski definition) is 0. The molecule has 1 aromatic carbocycles. The second-order valence-electron chi connectivity index (χ2n) is 7.67. The third-order valence-corrected chi connectivity index (χ3v) is 5.44. The molecule has 0 aromatic heterocycles. The zero-order valence-corrected chi connectivity index (χ0v) is 16.1. The third-order valence-electron chi connectivity index (χ3n) is 5.44. The minimum absolute atomic E-state index is 0.123. The van der Waals surface area contributed by atoms with E-state index in [4.69, 9.17) is 14.2 Å². The van der Waals surface area contributed by atoms with Crippen LogP contribution in [-0.2, 0) is 35.0 Å². The first-order chi connectivity index (χ1) is 13.9. The Hall–Kier alpha value is -3.15. The van der Waals surface area contributed by atoms with E-state index in [0.717, 1.165) is 11.1 Å². The average molecular weight is 394 g/mol. The van der Waals surface area contributed by atoms with E-state index in [-0.39, 0.29) is 24.5 Å². The molecule has 0 amide bonds. The van der Waals surface area contributed by atoms with Gasteiger partial charge >= 0.3 is 17.9 Å². The van der Waals surface area contributed by atoms with Crippen LogP contribution in [0.15, 0.2) is 65.8 Å². The van der Waals surface area contributed by atoms with E-state index in [0.29, 0.717) is 12.0 Å². The summed E-state index contributed by atoms with van der Waals surface area (Å²) in [4.78, 5) is 37.0. The van der Waals surface area contributed by atoms with Gasteiger partial charge in [-0.15, -0.1) is 0 Å². The van der Waals surface area contributed by atoms with E-state index in [1.807, 2.05) is 43.3 Å². The van der Waals surface area contributed by atoms with Crippen molar-refractivity contribution in [2.24, 2.45) is 5.92 Å². The van der Waals surface area contributed by atoms with Crippen LogP contribution < -0.4 is 0 Å². The fourth-order valence-electron chi connectivity index (χ4n) is 4.07. The maximum Gasteiger partial charge on any atom is 0.334 e. The van der Waals surface area contributed by atoms with Gasteiger partial charge in [-0.3, -0.25) is 4.79 Å². The van der Waals surface area contributed by atoms with Crippen molar-refractivity contribution >= 4 is 17.9 Å². The van der Waals surface area contributed by atoms with Crippen LogP contribution in [0.1, 0.15) is 25.3 Å². The van der Waals surface area contributed by atoms with Crippen molar-refractivity contribution in [3.05, 3.63) is 71.3 Å². The number of fused-ring (bicyclic) bond motifs is 2. The monoisotopic (exact) mass is 394 g/mol. The Balaban J connectivity index is 1.61. The van der Waals surface area contributed by atoms with E-state index in [1.165, 1.54) is 0 Å². The summed E-state index contributed by atoms with van der Waals surface area (Å²) >= 11 is 0. The standard InChI is InChI=1S/C23H22O6/c1-13-8-17-11-16(23(26)27-17)12-19-21(14(2)22(25)29-19)18(9-13)28-20(24)10-15-6-4-3-5-7-15/h3-7,9,11,17-19,21H,2,8,10,12H2,1H3/b13-9+/t17-,18?,19?,21+/m1/s1. The van der Waals surface area contributed by atoms with Crippen LogP contribution >= 0.6 is 0 Å². The van der Waals surface area contributed by atoms with Crippen LogP contribution in [0, 0.1) is 5.92 Å². The molecule has 3 aliphatic rings. The number of ether oxygens (including phenoxy) is 3. The van der Waals surface area contributed by atoms with Gasteiger partial charge in [0.25, 0.3) is 0 Å². The zero-order valence-electron chi connectivity index (χ0n) is 16.1. The molecule has 4 rings (SSSR count). The molecule has 0 N–H and O–H groups in total. The molecule has 0 radical (unpaired) electrons. The molecule has 6 heteroatoms. The zero-order chi connectivity index (χ0) is 20.5. The van der Waals surface area contributed by atoms with Crippen molar-refractivity contribution in [3.8, 4) is 0 Å². The summed E-state index contributed by atoms with van der Waals surface area (Å²) in [6, 6.07) is 9.31. The van der Waals surface area contributed by atoms with E-state index in [9.17, 15) is 14.4 Å². The predicted molar refractivity (Wildman–Crippen MR) is 103 cm³/mol. The van der Waals surface area contributed by atoms with Crippen LogP contribution in [0.2, 0.25) is 0 Å². The molecular formula is C23H22O6. The minimum atomic E-state index is -0.705. The fraction of sp³-hybridized carbons (Fsp3) is 0.348. The van der Waals surface area contributed by atoms with Gasteiger partial charge in [-0.2, -0.15) is 0 Å². The highest BCUT2D eigenvalue weighted by Gasteiger charge is 2.46. The summed E-state index contributed by atoms with van der Waals surface area (Å²) in [5, 5.41) is 0. The highest BCUT2D eigenvalue weighted by atomic mass is 16.6. The quantitative estimate of drug-likeness (QED) is 0.340. The number of carbonyl (C=O) groups is 3. The van der Waals surface area contributed by atoms with Crippen molar-refractivity contribution in [1.82, 2.24) is 0 Å². The third kappa shape index (κ3) is 4.01. The number of esters is 3. The Morgan fingerprint density at radius 2 is 1.86 bits per heavy atom. The molecule has 2 aliphatic heterocycles. The Bertz CT molecular complexity index is 926.